The van der Waals surface area contributed by atoms with Crippen molar-refractivity contribution in [3.8, 4) is 50.2 Å². The van der Waals surface area contributed by atoms with Crippen LogP contribution in [0.2, 0.25) is 0 Å². The normalized spacial score (nSPS) is 14.9. The second kappa shape index (κ2) is 17.1. The predicted molar refractivity (Wildman–Crippen MR) is 332 cm³/mol. The van der Waals surface area contributed by atoms with E-state index in [1.807, 2.05) is 0 Å². The molecule has 0 bridgehead atoms. The maximum absolute atomic E-state index is 2.53. The molecule has 372 valence electrons. The van der Waals surface area contributed by atoms with Gasteiger partial charge in [0.15, 0.2) is 0 Å². The first-order valence-corrected chi connectivity index (χ1v) is 27.9. The molecule has 1 atom stereocenters. The van der Waals surface area contributed by atoms with Gasteiger partial charge >= 0.3 is 0 Å². The number of anilines is 3. The van der Waals surface area contributed by atoms with Gasteiger partial charge in [-0.25, -0.2) is 0 Å². The Morgan fingerprint density at radius 3 is 1.65 bits per heavy atom. The molecular formula is C78H50N2. The highest BCUT2D eigenvalue weighted by Gasteiger charge is 2.51. The van der Waals surface area contributed by atoms with Crippen molar-refractivity contribution < 1.29 is 0 Å². The Kier molecular flexibility index (Phi) is 9.58. The standard InChI is InChI=1S/C78H50N2/c1-3-24-55(25-4-1)77(56-26-5-2-6-27-56)67-36-13-10-32-65(67)75-69(77)38-20-42-74(75)79(57-46-43-52(44-47-57)60-33-18-22-51-21-7-8-29-59(51)60)58-28-17-23-53(49-58)54-45-48-62-61-30-9-12-35-66(61)78(71(62)50-54)68-37-14-16-41-73(68)80-72-40-15-11-31-63(72)64-34-19-39-70(78)76(64)80/h1-50H. The van der Waals surface area contributed by atoms with Crippen LogP contribution in [0.15, 0.2) is 303 Å². The van der Waals surface area contributed by atoms with E-state index in [-0.39, 0.29) is 0 Å². The van der Waals surface area contributed by atoms with Gasteiger partial charge in [-0.15, -0.1) is 0 Å². The van der Waals surface area contributed by atoms with Crippen molar-refractivity contribution >= 4 is 49.6 Å². The van der Waals surface area contributed by atoms with Gasteiger partial charge in [0.05, 0.1) is 33.2 Å². The van der Waals surface area contributed by atoms with Gasteiger partial charge in [-0.3, -0.25) is 0 Å². The van der Waals surface area contributed by atoms with E-state index in [0.717, 1.165) is 22.6 Å². The molecule has 0 fully saturated rings. The zero-order valence-corrected chi connectivity index (χ0v) is 43.8. The van der Waals surface area contributed by atoms with E-state index in [9.17, 15) is 0 Å². The Labute approximate surface area is 465 Å². The minimum Gasteiger partial charge on any atom is -0.310 e. The van der Waals surface area contributed by atoms with Crippen molar-refractivity contribution in [2.45, 2.75) is 10.8 Å². The van der Waals surface area contributed by atoms with E-state index in [2.05, 4.69) is 313 Å². The first-order chi connectivity index (χ1) is 39.7. The lowest BCUT2D eigenvalue weighted by atomic mass is 9.65. The summed E-state index contributed by atoms with van der Waals surface area (Å²) >= 11 is 0. The van der Waals surface area contributed by atoms with Gasteiger partial charge in [0.25, 0.3) is 0 Å². The molecule has 0 N–H and O–H groups in total. The first-order valence-electron chi connectivity index (χ1n) is 27.9. The van der Waals surface area contributed by atoms with Crippen molar-refractivity contribution in [1.82, 2.24) is 4.57 Å². The summed E-state index contributed by atoms with van der Waals surface area (Å²) in [5.74, 6) is 0. The topological polar surface area (TPSA) is 8.17 Å². The highest BCUT2D eigenvalue weighted by molar-refractivity contribution is 6.13. The molecule has 2 nitrogen and oxygen atoms in total. The summed E-state index contributed by atoms with van der Waals surface area (Å²) in [6.45, 7) is 0. The summed E-state index contributed by atoms with van der Waals surface area (Å²) in [5, 5.41) is 5.05. The molecule has 1 aromatic heterocycles. The average Bonchev–Trinajstić information content (AvgIpc) is 2.90. The van der Waals surface area contributed by atoms with Gasteiger partial charge < -0.3 is 9.47 Å². The molecule has 2 heteroatoms. The fraction of sp³-hybridized carbons (Fsp3) is 0.0256. The van der Waals surface area contributed by atoms with Gasteiger partial charge in [0.2, 0.25) is 0 Å². The van der Waals surface area contributed by atoms with Gasteiger partial charge in [-0.05, 0) is 143 Å². The largest absolute Gasteiger partial charge is 0.310 e. The number of aromatic nitrogens is 1. The van der Waals surface area contributed by atoms with Gasteiger partial charge in [-0.2, -0.15) is 0 Å². The van der Waals surface area contributed by atoms with E-state index < -0.39 is 10.8 Å². The summed E-state index contributed by atoms with van der Waals surface area (Å²) in [6, 6.07) is 114. The van der Waals surface area contributed by atoms with Crippen LogP contribution in [0.4, 0.5) is 17.1 Å². The van der Waals surface area contributed by atoms with E-state index in [1.54, 1.807) is 0 Å². The third kappa shape index (κ3) is 6.02. The summed E-state index contributed by atoms with van der Waals surface area (Å²) in [4.78, 5) is 2.51. The van der Waals surface area contributed by atoms with Crippen molar-refractivity contribution in [2.24, 2.45) is 0 Å². The number of fused-ring (bicyclic) bond motifs is 16. The molecule has 1 unspecified atom stereocenters. The predicted octanol–water partition coefficient (Wildman–Crippen LogP) is 19.8. The molecule has 2 aliphatic carbocycles. The van der Waals surface area contributed by atoms with Gasteiger partial charge in [0, 0.05) is 27.7 Å². The maximum atomic E-state index is 2.53. The van der Waals surface area contributed by atoms with Crippen LogP contribution in [0.5, 0.6) is 0 Å². The van der Waals surface area contributed by atoms with Crippen molar-refractivity contribution in [3.05, 3.63) is 348 Å². The lowest BCUT2D eigenvalue weighted by Gasteiger charge is -2.39. The lowest BCUT2D eigenvalue weighted by Crippen LogP contribution is -2.33. The van der Waals surface area contributed by atoms with E-state index in [4.69, 9.17) is 0 Å². The molecule has 2 heterocycles. The zero-order valence-electron chi connectivity index (χ0n) is 43.8. The molecule has 80 heavy (non-hydrogen) atoms. The molecule has 3 aliphatic rings. The van der Waals surface area contributed by atoms with Crippen LogP contribution >= 0.6 is 0 Å². The number of hydrogen-bond acceptors (Lipinski definition) is 1. The molecular weight excluding hydrogens is 965 g/mol. The maximum Gasteiger partial charge on any atom is 0.0754 e. The van der Waals surface area contributed by atoms with Crippen LogP contribution in [0.25, 0.3) is 82.8 Å². The Morgan fingerprint density at radius 2 is 0.838 bits per heavy atom. The lowest BCUT2D eigenvalue weighted by molar-refractivity contribution is 0.749. The van der Waals surface area contributed by atoms with E-state index >= 15 is 0 Å². The summed E-state index contributed by atoms with van der Waals surface area (Å²) < 4.78 is 2.53. The van der Waals surface area contributed by atoms with Gasteiger partial charge in [0.1, 0.15) is 0 Å². The molecule has 1 aliphatic heterocycles. The minimum atomic E-state index is -0.556. The fourth-order valence-corrected chi connectivity index (χ4v) is 14.9. The third-order valence-electron chi connectivity index (χ3n) is 18.1. The Hall–Kier alpha value is -10.3. The van der Waals surface area contributed by atoms with Gasteiger partial charge in [-0.1, -0.05) is 255 Å². The van der Waals surface area contributed by atoms with Crippen LogP contribution in [-0.4, -0.2) is 4.57 Å². The molecule has 0 saturated carbocycles. The highest BCUT2D eigenvalue weighted by Crippen LogP contribution is 2.63. The van der Waals surface area contributed by atoms with Crippen molar-refractivity contribution in [3.63, 3.8) is 0 Å². The number of benzene rings is 13. The van der Waals surface area contributed by atoms with Crippen LogP contribution in [0.3, 0.4) is 0 Å². The number of hydrogen-bond donors (Lipinski definition) is 0. The molecule has 0 radical (unpaired) electrons. The average molecular weight is 1020 g/mol. The quantitative estimate of drug-likeness (QED) is 0.154. The molecule has 0 saturated heterocycles. The van der Waals surface area contributed by atoms with E-state index in [1.165, 1.54) is 122 Å². The van der Waals surface area contributed by atoms with Crippen molar-refractivity contribution in [1.29, 1.82) is 0 Å². The zero-order chi connectivity index (χ0) is 52.5. The SMILES string of the molecule is c1ccc(C2(c3ccccc3)c3ccccc3-c3c(N(c4ccc(-c5cccc6ccccc56)cc4)c4cccc(-c5ccc6c(c5)C5(c7ccccc7-6)c6ccccc6-n6c7ccccc7c7cccc5c76)c4)cccc32)cc1. The Morgan fingerprint density at radius 1 is 0.287 bits per heavy atom. The molecule has 17 rings (SSSR count). The summed E-state index contributed by atoms with van der Waals surface area (Å²) in [5.41, 5.74) is 26.0. The number of para-hydroxylation sites is 3. The summed E-state index contributed by atoms with van der Waals surface area (Å²) in [7, 11) is 0. The minimum absolute atomic E-state index is 0.551. The van der Waals surface area contributed by atoms with E-state index in [0.29, 0.717) is 0 Å². The first kappa shape index (κ1) is 44.8. The van der Waals surface area contributed by atoms with Crippen LogP contribution in [-0.2, 0) is 10.8 Å². The molecule has 0 amide bonds. The second-order valence-corrected chi connectivity index (χ2v) is 21.8. The molecule has 13 aromatic carbocycles. The second-order valence-electron chi connectivity index (χ2n) is 21.8. The number of nitrogens with zero attached hydrogens (tertiary/aromatic N) is 2. The molecule has 14 aromatic rings. The highest BCUT2D eigenvalue weighted by atomic mass is 15.1. The Bertz CT molecular complexity index is 4790. The van der Waals surface area contributed by atoms with Crippen LogP contribution < -0.4 is 4.90 Å². The smallest absolute Gasteiger partial charge is 0.0754 e. The van der Waals surface area contributed by atoms with Crippen LogP contribution in [0, 0.1) is 0 Å². The molecule has 1 spiro atoms. The number of rotatable bonds is 7. The Balaban J connectivity index is 0.891. The summed E-state index contributed by atoms with van der Waals surface area (Å²) in [6.07, 6.45) is 0. The van der Waals surface area contributed by atoms with Crippen LogP contribution in [0.1, 0.15) is 44.5 Å². The third-order valence-corrected chi connectivity index (χ3v) is 18.1. The van der Waals surface area contributed by atoms with Crippen molar-refractivity contribution in [2.75, 3.05) is 4.90 Å². The fourth-order valence-electron chi connectivity index (χ4n) is 14.9. The monoisotopic (exact) mass is 1010 g/mol.